The van der Waals surface area contributed by atoms with Crippen molar-refractivity contribution in [1.29, 1.82) is 0 Å². The third-order valence-corrected chi connectivity index (χ3v) is 8.62. The lowest BCUT2D eigenvalue weighted by molar-refractivity contribution is -0.664. The molecule has 0 N–H and O–H groups in total. The molecular formula is C47H85N8+. The molecule has 0 bridgehead atoms. The number of azo groups is 2. The van der Waals surface area contributed by atoms with Crippen LogP contribution in [-0.4, -0.2) is 28.2 Å². The van der Waals surface area contributed by atoms with E-state index < -0.39 is 0 Å². The lowest BCUT2D eigenvalue weighted by Crippen LogP contribution is -2.29. The quantitative estimate of drug-likeness (QED) is 0.148. The fraction of sp³-hybridized carbons (Fsp3) is 0.617. The van der Waals surface area contributed by atoms with E-state index in [9.17, 15) is 0 Å². The van der Waals surface area contributed by atoms with Crippen molar-refractivity contribution in [2.45, 2.75) is 161 Å². The van der Waals surface area contributed by atoms with E-state index in [0.29, 0.717) is 5.95 Å². The first-order chi connectivity index (χ1) is 26.5. The lowest BCUT2D eigenvalue weighted by Gasteiger charge is -2.13. The van der Waals surface area contributed by atoms with Gasteiger partial charge in [-0.15, -0.1) is 10.2 Å². The topological polar surface area (TPSA) is 76.1 Å². The number of aryl methyl sites for hydroxylation is 5. The largest absolute Gasteiger partial charge is 0.421 e. The summed E-state index contributed by atoms with van der Waals surface area (Å²) < 4.78 is 5.98. The molecule has 8 nitrogen and oxygen atoms in total. The second-order valence-corrected chi connectivity index (χ2v) is 12.7. The Morgan fingerprint density at radius 1 is 0.564 bits per heavy atom. The summed E-state index contributed by atoms with van der Waals surface area (Å²) >= 11 is 0. The molecule has 0 unspecified atom stereocenters. The van der Waals surface area contributed by atoms with E-state index in [1.54, 1.807) is 36.3 Å². The molecule has 0 amide bonds. The van der Waals surface area contributed by atoms with Crippen LogP contribution in [0.25, 0.3) is 0 Å². The third kappa shape index (κ3) is 21.1. The predicted molar refractivity (Wildman–Crippen MR) is 242 cm³/mol. The highest BCUT2D eigenvalue weighted by molar-refractivity contribution is 5.30. The molecule has 0 atom stereocenters. The highest BCUT2D eigenvalue weighted by Gasteiger charge is 2.19. The molecule has 2 aliphatic carbocycles. The molecule has 0 saturated heterocycles. The first kappa shape index (κ1) is 55.4. The van der Waals surface area contributed by atoms with Crippen molar-refractivity contribution in [1.82, 2.24) is 14.1 Å². The molecule has 55 heavy (non-hydrogen) atoms. The third-order valence-electron chi connectivity index (χ3n) is 8.62. The Morgan fingerprint density at radius 2 is 0.891 bits per heavy atom. The van der Waals surface area contributed by atoms with Gasteiger partial charge >= 0.3 is 5.95 Å². The van der Waals surface area contributed by atoms with Crippen LogP contribution in [0.15, 0.2) is 69.0 Å². The standard InChI is InChI=1S/2C10H12.C8H15N4.C7H12N4.2C3H8.3C2H6/c2*1-2-6-10-8-4-3-7-9(10)5-1;1-6-7(2)12(5)8(10-9-3)11(6)4;1-5-6(2)11(4)7(9-5)10-8-3;2*1-3-2;3*1-2/h2*1-2,5-6H,3-4,7-8H2;1-5H3;1-4H3;2*3H2,1-2H3;3*1-2H3/q;;+1;;;;;;. The fourth-order valence-corrected chi connectivity index (χ4v) is 5.46. The highest BCUT2D eigenvalue weighted by atomic mass is 15.3. The molecule has 0 fully saturated rings. The molecule has 2 aliphatic rings. The summed E-state index contributed by atoms with van der Waals surface area (Å²) in [5.41, 5.74) is 10.9. The van der Waals surface area contributed by atoms with E-state index in [-0.39, 0.29) is 0 Å². The Balaban J connectivity index is -0.000000599. The van der Waals surface area contributed by atoms with Crippen molar-refractivity contribution < 1.29 is 4.57 Å². The smallest absolute Gasteiger partial charge is 0.315 e. The van der Waals surface area contributed by atoms with Crippen LogP contribution in [0.4, 0.5) is 11.9 Å². The Hall–Kier alpha value is -3.94. The zero-order valence-electron chi connectivity index (χ0n) is 39.3. The minimum atomic E-state index is 0.669. The first-order valence-corrected chi connectivity index (χ1v) is 21.3. The SMILES string of the molecule is CC.CC.CC.CCC.CCC.CN=Nc1n(C)c(C)c(C)[n+]1C.CN=Nc1nc(C)c(C)n1C.c1ccc2c(c1)CCCC2.c1ccc2c(c1)CCCC2. The monoisotopic (exact) mass is 762 g/mol. The number of hydrogen-bond acceptors (Lipinski definition) is 5. The molecule has 4 aromatic rings. The molecule has 0 aliphatic heterocycles. The number of nitrogens with zero attached hydrogens (tertiary/aromatic N) is 8. The summed E-state index contributed by atoms with van der Waals surface area (Å²) in [5.74, 6) is 1.55. The van der Waals surface area contributed by atoms with Crippen molar-refractivity contribution in [3.8, 4) is 0 Å². The Labute approximate surface area is 340 Å². The first-order valence-electron chi connectivity index (χ1n) is 21.3. The number of imidazole rings is 2. The van der Waals surface area contributed by atoms with E-state index in [2.05, 4.69) is 116 Å². The van der Waals surface area contributed by atoms with Gasteiger partial charge in [0, 0.05) is 24.9 Å². The zero-order chi connectivity index (χ0) is 42.8. The Kier molecular flexibility index (Phi) is 36.0. The lowest BCUT2D eigenvalue weighted by atomic mass is 9.92. The van der Waals surface area contributed by atoms with Crippen LogP contribution < -0.4 is 4.57 Å². The molecule has 0 saturated carbocycles. The zero-order valence-corrected chi connectivity index (χ0v) is 39.3. The number of aromatic nitrogens is 4. The Bertz CT molecular complexity index is 1430. The second kappa shape index (κ2) is 35.7. The van der Waals surface area contributed by atoms with Crippen molar-refractivity contribution in [2.75, 3.05) is 14.1 Å². The molecule has 312 valence electrons. The molecule has 2 heterocycles. The summed E-state index contributed by atoms with van der Waals surface area (Å²) in [7, 11) is 9.23. The van der Waals surface area contributed by atoms with Gasteiger partial charge in [-0.1, -0.05) is 131 Å². The summed E-state index contributed by atoms with van der Waals surface area (Å²) in [4.78, 5) is 4.20. The maximum atomic E-state index is 4.20. The molecule has 2 aromatic carbocycles. The van der Waals surface area contributed by atoms with Crippen molar-refractivity contribution in [3.63, 3.8) is 0 Å². The normalized spacial score (nSPS) is 11.7. The van der Waals surface area contributed by atoms with Gasteiger partial charge in [-0.05, 0) is 101 Å². The molecule has 6 rings (SSSR count). The average Bonchev–Trinajstić information content (AvgIpc) is 3.58. The number of benzene rings is 2. The molecular weight excluding hydrogens is 677 g/mol. The van der Waals surface area contributed by atoms with Gasteiger partial charge < -0.3 is 4.57 Å². The van der Waals surface area contributed by atoms with E-state index in [1.165, 1.54) is 75.6 Å². The summed E-state index contributed by atoms with van der Waals surface area (Å²) in [5, 5.41) is 15.3. The molecule has 2 aromatic heterocycles. The molecule has 8 heteroatoms. The van der Waals surface area contributed by atoms with E-state index in [0.717, 1.165) is 17.3 Å². The van der Waals surface area contributed by atoms with Gasteiger partial charge in [-0.25, -0.2) is 14.1 Å². The van der Waals surface area contributed by atoms with Gasteiger partial charge in [0.25, 0.3) is 0 Å². The maximum Gasteiger partial charge on any atom is 0.421 e. The van der Waals surface area contributed by atoms with Gasteiger partial charge in [0.05, 0.1) is 26.8 Å². The second-order valence-electron chi connectivity index (χ2n) is 12.7. The van der Waals surface area contributed by atoms with Crippen LogP contribution in [0.2, 0.25) is 0 Å². The number of rotatable bonds is 2. The minimum absolute atomic E-state index is 0.669. The number of hydrogen-bond donors (Lipinski definition) is 0. The van der Waals surface area contributed by atoms with Gasteiger partial charge in [-0.3, -0.25) is 0 Å². The van der Waals surface area contributed by atoms with Gasteiger partial charge in [0.15, 0.2) is 0 Å². The highest BCUT2D eigenvalue weighted by Crippen LogP contribution is 2.21. The van der Waals surface area contributed by atoms with E-state index in [1.807, 2.05) is 90.2 Å². The van der Waals surface area contributed by atoms with Crippen molar-refractivity contribution in [3.05, 3.63) is 93.6 Å². The molecule has 0 spiro atoms. The van der Waals surface area contributed by atoms with Crippen LogP contribution in [0.3, 0.4) is 0 Å². The van der Waals surface area contributed by atoms with Crippen LogP contribution in [0.5, 0.6) is 0 Å². The van der Waals surface area contributed by atoms with Crippen LogP contribution in [0.1, 0.15) is 153 Å². The average molecular weight is 762 g/mol. The van der Waals surface area contributed by atoms with Crippen LogP contribution in [0, 0.1) is 27.7 Å². The Morgan fingerprint density at radius 3 is 1.13 bits per heavy atom. The van der Waals surface area contributed by atoms with Crippen molar-refractivity contribution in [2.24, 2.45) is 41.6 Å². The number of fused-ring (bicyclic) bond motifs is 2. The summed E-state index contributed by atoms with van der Waals surface area (Å²) in [6, 6.07) is 17.6. The van der Waals surface area contributed by atoms with Crippen molar-refractivity contribution >= 4 is 11.9 Å². The summed E-state index contributed by atoms with van der Waals surface area (Å²) in [6.07, 6.45) is 13.3. The van der Waals surface area contributed by atoms with Gasteiger partial charge in [0.2, 0.25) is 5.95 Å². The van der Waals surface area contributed by atoms with Crippen LogP contribution >= 0.6 is 0 Å². The predicted octanol–water partition coefficient (Wildman–Crippen LogP) is 14.0. The summed E-state index contributed by atoms with van der Waals surface area (Å²) in [6.45, 7) is 28.6. The molecule has 0 radical (unpaired) electrons. The van der Waals surface area contributed by atoms with Gasteiger partial charge in [0.1, 0.15) is 11.4 Å². The minimum Gasteiger partial charge on any atom is -0.315 e. The van der Waals surface area contributed by atoms with E-state index >= 15 is 0 Å². The maximum absolute atomic E-state index is 4.20. The van der Waals surface area contributed by atoms with Crippen LogP contribution in [-0.2, 0) is 46.8 Å². The van der Waals surface area contributed by atoms with E-state index in [4.69, 9.17) is 0 Å². The van der Waals surface area contributed by atoms with Gasteiger partial charge in [-0.2, -0.15) is 5.11 Å². The fourth-order valence-electron chi connectivity index (χ4n) is 5.46.